The highest BCUT2D eigenvalue weighted by molar-refractivity contribution is 5.59. The van der Waals surface area contributed by atoms with Crippen LogP contribution in [0.25, 0.3) is 0 Å². The summed E-state index contributed by atoms with van der Waals surface area (Å²) >= 11 is 0. The lowest BCUT2D eigenvalue weighted by molar-refractivity contribution is -0.00683. The van der Waals surface area contributed by atoms with E-state index >= 15 is 0 Å². The number of ether oxygens (including phenoxy) is 2. The highest BCUT2D eigenvalue weighted by atomic mass is 16.7. The van der Waals surface area contributed by atoms with Crippen molar-refractivity contribution in [2.24, 2.45) is 0 Å². The van der Waals surface area contributed by atoms with Crippen molar-refractivity contribution in [1.82, 2.24) is 0 Å². The molecule has 12 heavy (non-hydrogen) atoms. The van der Waals surface area contributed by atoms with E-state index in [4.69, 9.17) is 4.74 Å². The Hall–Kier alpha value is -0.770. The second-order valence-corrected chi connectivity index (χ2v) is 3.01. The molecule has 1 N–H and O–H groups in total. The molecule has 0 aromatic heterocycles. The molecule has 4 heteroatoms. The Kier molecular flexibility index (Phi) is 3.34. The summed E-state index contributed by atoms with van der Waals surface area (Å²) in [5, 5.41) is 9.23. The van der Waals surface area contributed by atoms with E-state index in [0.29, 0.717) is 6.42 Å². The van der Waals surface area contributed by atoms with Crippen molar-refractivity contribution < 1.29 is 19.4 Å². The zero-order valence-electron chi connectivity index (χ0n) is 7.16. The molecule has 0 saturated heterocycles. The van der Waals surface area contributed by atoms with Gasteiger partial charge in [0.2, 0.25) is 0 Å². The van der Waals surface area contributed by atoms with Crippen molar-refractivity contribution >= 4 is 6.16 Å². The minimum Gasteiger partial charge on any atom is -0.438 e. The molecule has 0 aromatic rings. The molecule has 2 atom stereocenters. The summed E-state index contributed by atoms with van der Waals surface area (Å²) in [4.78, 5) is 10.7. The van der Waals surface area contributed by atoms with Crippen LogP contribution in [-0.4, -0.2) is 30.6 Å². The number of aliphatic hydroxyl groups is 1. The van der Waals surface area contributed by atoms with Gasteiger partial charge in [0.15, 0.2) is 0 Å². The summed E-state index contributed by atoms with van der Waals surface area (Å²) < 4.78 is 9.24. The van der Waals surface area contributed by atoms with Crippen LogP contribution in [0.3, 0.4) is 0 Å². The first kappa shape index (κ1) is 9.32. The number of rotatable bonds is 1. The van der Waals surface area contributed by atoms with Crippen LogP contribution >= 0.6 is 0 Å². The van der Waals surface area contributed by atoms with Gasteiger partial charge in [-0.05, 0) is 19.3 Å². The standard InChI is InChI=1S/C8H14O4/c1-11-8(10)12-7-4-2-3-6(9)5-7/h6-7,9H,2-5H2,1H3/t6-,7+/m1/s1. The number of aliphatic hydroxyl groups excluding tert-OH is 1. The number of methoxy groups -OCH3 is 1. The third-order valence-corrected chi connectivity index (χ3v) is 2.03. The number of carbonyl (C=O) groups is 1. The lowest BCUT2D eigenvalue weighted by atomic mass is 9.95. The number of carbonyl (C=O) groups excluding carboxylic acids is 1. The third-order valence-electron chi connectivity index (χ3n) is 2.03. The SMILES string of the molecule is COC(=O)O[C@H]1CCC[C@@H](O)C1. The van der Waals surface area contributed by atoms with Gasteiger partial charge in [-0.2, -0.15) is 0 Å². The second-order valence-electron chi connectivity index (χ2n) is 3.01. The lowest BCUT2D eigenvalue weighted by Crippen LogP contribution is -2.28. The van der Waals surface area contributed by atoms with Gasteiger partial charge < -0.3 is 14.6 Å². The summed E-state index contributed by atoms with van der Waals surface area (Å²) in [5.41, 5.74) is 0. The molecular weight excluding hydrogens is 160 g/mol. The molecule has 0 amide bonds. The van der Waals surface area contributed by atoms with E-state index < -0.39 is 6.16 Å². The molecule has 4 nitrogen and oxygen atoms in total. The van der Waals surface area contributed by atoms with E-state index in [1.54, 1.807) is 0 Å². The van der Waals surface area contributed by atoms with E-state index in [1.807, 2.05) is 0 Å². The molecule has 1 aliphatic carbocycles. The smallest absolute Gasteiger partial charge is 0.438 e. The lowest BCUT2D eigenvalue weighted by Gasteiger charge is -2.24. The summed E-state index contributed by atoms with van der Waals surface area (Å²) in [5.74, 6) is 0. The fraction of sp³-hybridized carbons (Fsp3) is 0.875. The molecule has 70 valence electrons. The molecular formula is C8H14O4. The largest absolute Gasteiger partial charge is 0.508 e. The molecule has 0 aliphatic heterocycles. The Morgan fingerprint density at radius 2 is 2.25 bits per heavy atom. The van der Waals surface area contributed by atoms with Gasteiger partial charge in [0, 0.05) is 6.42 Å². The first-order valence-electron chi connectivity index (χ1n) is 4.15. The predicted octanol–water partition coefficient (Wildman–Crippen LogP) is 1.07. The Morgan fingerprint density at radius 1 is 1.50 bits per heavy atom. The van der Waals surface area contributed by atoms with E-state index in [2.05, 4.69) is 4.74 Å². The first-order chi connectivity index (χ1) is 5.72. The first-order valence-corrected chi connectivity index (χ1v) is 4.15. The summed E-state index contributed by atoms with van der Waals surface area (Å²) in [6.07, 6.45) is 1.93. The van der Waals surface area contributed by atoms with E-state index in [-0.39, 0.29) is 12.2 Å². The minimum absolute atomic E-state index is 0.166. The zero-order chi connectivity index (χ0) is 8.97. The monoisotopic (exact) mass is 174 g/mol. The summed E-state index contributed by atoms with van der Waals surface area (Å²) in [6.45, 7) is 0. The molecule has 1 aliphatic rings. The van der Waals surface area contributed by atoms with Gasteiger partial charge in [-0.15, -0.1) is 0 Å². The average Bonchev–Trinajstić information content (AvgIpc) is 2.04. The van der Waals surface area contributed by atoms with E-state index in [9.17, 15) is 9.90 Å². The molecule has 0 bridgehead atoms. The van der Waals surface area contributed by atoms with Crippen LogP contribution in [0.1, 0.15) is 25.7 Å². The Morgan fingerprint density at radius 3 is 2.83 bits per heavy atom. The number of hydrogen-bond acceptors (Lipinski definition) is 4. The van der Waals surface area contributed by atoms with E-state index in [1.165, 1.54) is 7.11 Å². The summed E-state index contributed by atoms with van der Waals surface area (Å²) in [7, 11) is 1.28. The highest BCUT2D eigenvalue weighted by Gasteiger charge is 2.23. The highest BCUT2D eigenvalue weighted by Crippen LogP contribution is 2.21. The van der Waals surface area contributed by atoms with Crippen LogP contribution in [0.4, 0.5) is 4.79 Å². The molecule has 0 spiro atoms. The maximum atomic E-state index is 10.7. The van der Waals surface area contributed by atoms with Crippen molar-refractivity contribution in [3.63, 3.8) is 0 Å². The normalized spacial score (nSPS) is 29.5. The van der Waals surface area contributed by atoms with E-state index in [0.717, 1.165) is 19.3 Å². The minimum atomic E-state index is -0.658. The van der Waals surface area contributed by atoms with Crippen molar-refractivity contribution in [3.05, 3.63) is 0 Å². The third kappa shape index (κ3) is 2.70. The van der Waals surface area contributed by atoms with Crippen LogP contribution in [0.5, 0.6) is 0 Å². The average molecular weight is 174 g/mol. The molecule has 1 fully saturated rings. The topological polar surface area (TPSA) is 55.8 Å². The van der Waals surface area contributed by atoms with Gasteiger partial charge in [-0.1, -0.05) is 0 Å². The van der Waals surface area contributed by atoms with Gasteiger partial charge in [0.05, 0.1) is 13.2 Å². The van der Waals surface area contributed by atoms with Gasteiger partial charge in [0.1, 0.15) is 6.10 Å². The van der Waals surface area contributed by atoms with Crippen molar-refractivity contribution in [1.29, 1.82) is 0 Å². The molecule has 0 heterocycles. The van der Waals surface area contributed by atoms with Gasteiger partial charge in [-0.25, -0.2) is 4.79 Å². The van der Waals surface area contributed by atoms with Gasteiger partial charge in [-0.3, -0.25) is 0 Å². The van der Waals surface area contributed by atoms with Crippen molar-refractivity contribution in [2.75, 3.05) is 7.11 Å². The Balaban J connectivity index is 2.27. The van der Waals surface area contributed by atoms with Crippen LogP contribution in [0.15, 0.2) is 0 Å². The van der Waals surface area contributed by atoms with Crippen LogP contribution in [0, 0.1) is 0 Å². The van der Waals surface area contributed by atoms with Gasteiger partial charge in [0.25, 0.3) is 0 Å². The molecule has 0 radical (unpaired) electrons. The Bertz CT molecular complexity index is 157. The zero-order valence-corrected chi connectivity index (χ0v) is 7.16. The molecule has 0 aromatic carbocycles. The van der Waals surface area contributed by atoms with Crippen molar-refractivity contribution in [2.45, 2.75) is 37.9 Å². The number of hydrogen-bond donors (Lipinski definition) is 1. The maximum Gasteiger partial charge on any atom is 0.508 e. The van der Waals surface area contributed by atoms with Gasteiger partial charge >= 0.3 is 6.16 Å². The predicted molar refractivity (Wildman–Crippen MR) is 41.8 cm³/mol. The molecule has 0 unspecified atom stereocenters. The quantitative estimate of drug-likeness (QED) is 0.604. The Labute approximate surface area is 71.5 Å². The molecule has 1 rings (SSSR count). The molecule has 1 saturated carbocycles. The van der Waals surface area contributed by atoms with Crippen molar-refractivity contribution in [3.8, 4) is 0 Å². The van der Waals surface area contributed by atoms with Crippen LogP contribution in [-0.2, 0) is 9.47 Å². The fourth-order valence-electron chi connectivity index (χ4n) is 1.41. The fourth-order valence-corrected chi connectivity index (χ4v) is 1.41. The maximum absolute atomic E-state index is 10.7. The van der Waals surface area contributed by atoms with Crippen LogP contribution < -0.4 is 0 Å². The van der Waals surface area contributed by atoms with Crippen LogP contribution in [0.2, 0.25) is 0 Å². The second kappa shape index (κ2) is 4.30. The summed E-state index contributed by atoms with van der Waals surface area (Å²) in [6, 6.07) is 0.